The van der Waals surface area contributed by atoms with Gasteiger partial charge in [-0.1, -0.05) is 94.9 Å². The molecule has 0 unspecified atom stereocenters. The Morgan fingerprint density at radius 2 is 0.920 bits per heavy atom. The number of para-hydroxylation sites is 2. The maximum Gasteiger partial charge on any atom is 0.297 e. The number of hydrogen-bond donors (Lipinski definition) is 5. The predicted octanol–water partition coefficient (Wildman–Crippen LogP) is 11.3. The number of halogens is 4. The molecule has 0 bridgehead atoms. The molecule has 75 heavy (non-hydrogen) atoms. The fourth-order valence-corrected chi connectivity index (χ4v) is 7.97. The van der Waals surface area contributed by atoms with Crippen LogP contribution in [0.5, 0.6) is 34.5 Å². The van der Waals surface area contributed by atoms with E-state index >= 15 is 0 Å². The molecule has 0 radical (unpaired) electrons. The number of methoxy groups -OCH3 is 5. The van der Waals surface area contributed by atoms with Gasteiger partial charge in [-0.05, 0) is 61.4 Å². The number of ether oxygens (including phenoxy) is 5. The van der Waals surface area contributed by atoms with Crippen LogP contribution < -0.4 is 46.6 Å². The Hall–Kier alpha value is -7.76. The number of nitrogens with two attached hydrogens (primary N) is 4. The Morgan fingerprint density at radius 1 is 0.520 bits per heavy atom. The molecule has 0 fully saturated rings. The number of benzene rings is 6. The maximum absolute atomic E-state index is 10.7. The minimum absolute atomic E-state index is 0.0377. The van der Waals surface area contributed by atoms with Gasteiger partial charge in [-0.25, -0.2) is 4.68 Å². The summed E-state index contributed by atoms with van der Waals surface area (Å²) < 4.78 is 29.9. The first kappa shape index (κ1) is 63.4. The van der Waals surface area contributed by atoms with Gasteiger partial charge in [-0.3, -0.25) is 40.5 Å². The fourth-order valence-electron chi connectivity index (χ4n) is 6.24. The Morgan fingerprint density at radius 3 is 1.39 bits per heavy atom. The number of fused-ring (bicyclic) bond motifs is 1. The molecule has 0 atom stereocenters. The molecule has 29 heteroatoms. The first-order chi connectivity index (χ1) is 35.3. The van der Waals surface area contributed by atoms with Crippen LogP contribution in [0, 0.1) is 40.5 Å². The average molecular weight is 1300 g/mol. The standard InChI is InChI=1S/C9H10BrNO3.C9H12BrNO.C8H8BrN3O.C7H7BrN2O3.C7H8N2O3.C6H6N2O3/c1-3-7-8(11(12)13)4-6(10)5-9(7)14-2;1-3-7-8(11)4-6(10)5-9(7)12-2;1-12-8-6(10-11-12)3-5(9)4-7(8)13-2;1-13-6-3-4(8)2-5(7(6)9)10(11)12;1-12-6-4-2-3-5(7(6)8)9(10)11;7-6-4(8(10)11)2-1-3-5(6)9/h4-5H,3H2,1-2H3;4-5H,3,11H2,1-2H3;3-4H,1-2H3;2-3H,9H2,1H3;2-4H,8H2,1H3;1-3,9H,7H2. The lowest BCUT2D eigenvalue weighted by molar-refractivity contribution is -0.385. The van der Waals surface area contributed by atoms with E-state index in [9.17, 15) is 40.5 Å². The van der Waals surface area contributed by atoms with Gasteiger partial charge in [0, 0.05) is 60.5 Å². The lowest BCUT2D eigenvalue weighted by Gasteiger charge is -2.09. The van der Waals surface area contributed by atoms with Crippen molar-refractivity contribution in [3.05, 3.63) is 154 Å². The van der Waals surface area contributed by atoms with Crippen LogP contribution in [-0.2, 0) is 19.9 Å². The number of aromatic hydroxyl groups is 1. The number of anilines is 4. The number of nitro groups is 4. The quantitative estimate of drug-likeness (QED) is 0.0347. The molecular weight excluding hydrogens is 1250 g/mol. The normalized spacial score (nSPS) is 9.87. The van der Waals surface area contributed by atoms with Crippen molar-refractivity contribution in [3.8, 4) is 34.5 Å². The van der Waals surface area contributed by atoms with Crippen LogP contribution in [0.4, 0.5) is 45.5 Å². The van der Waals surface area contributed by atoms with Crippen molar-refractivity contribution in [2.24, 2.45) is 7.05 Å². The van der Waals surface area contributed by atoms with Gasteiger partial charge in [0.15, 0.2) is 17.1 Å². The lowest BCUT2D eigenvalue weighted by Crippen LogP contribution is -1.98. The van der Waals surface area contributed by atoms with Crippen LogP contribution in [0.2, 0.25) is 0 Å². The molecule has 1 aromatic heterocycles. The van der Waals surface area contributed by atoms with Gasteiger partial charge in [-0.15, -0.1) is 5.10 Å². The Balaban J connectivity index is 0.000000309. The van der Waals surface area contributed by atoms with Crippen molar-refractivity contribution in [1.29, 1.82) is 0 Å². The predicted molar refractivity (Wildman–Crippen MR) is 299 cm³/mol. The zero-order valence-corrected chi connectivity index (χ0v) is 47.5. The number of phenols is 1. The number of hydrogen-bond acceptors (Lipinski definition) is 20. The lowest BCUT2D eigenvalue weighted by atomic mass is 10.1. The molecule has 0 amide bonds. The molecule has 0 spiro atoms. The zero-order chi connectivity index (χ0) is 56.9. The number of phenolic OH excluding ortho intramolecular Hbond substituents is 1. The van der Waals surface area contributed by atoms with E-state index in [1.54, 1.807) is 37.1 Å². The second-order valence-electron chi connectivity index (χ2n) is 14.3. The molecule has 25 nitrogen and oxygen atoms in total. The van der Waals surface area contributed by atoms with Crippen molar-refractivity contribution in [2.45, 2.75) is 26.7 Å². The molecule has 7 rings (SSSR count). The summed E-state index contributed by atoms with van der Waals surface area (Å²) in [4.78, 5) is 39.6. The SMILES string of the molecule is CCc1c(N)cc(Br)cc1OC.CCc1c(OC)cc(Br)cc1[N+](=O)[O-].COc1cc(Br)cc([N+](=O)[O-])c1N.COc1cc(Br)cc2nnn(C)c12.COc1cccc([N+](=O)[O-])c1N.Nc1c(O)cccc1[N+](=O)[O-]. The molecule has 0 aliphatic rings. The smallest absolute Gasteiger partial charge is 0.297 e. The summed E-state index contributed by atoms with van der Waals surface area (Å²) in [5.41, 5.74) is 25.5. The highest BCUT2D eigenvalue weighted by Crippen LogP contribution is 2.36. The number of aromatic nitrogens is 3. The van der Waals surface area contributed by atoms with Crippen molar-refractivity contribution in [2.75, 3.05) is 58.5 Å². The molecule has 9 N–H and O–H groups in total. The maximum atomic E-state index is 10.7. The van der Waals surface area contributed by atoms with Crippen LogP contribution in [0.1, 0.15) is 25.0 Å². The van der Waals surface area contributed by atoms with E-state index in [0.717, 1.165) is 49.1 Å². The van der Waals surface area contributed by atoms with Crippen LogP contribution in [0.25, 0.3) is 11.0 Å². The molecule has 0 aliphatic carbocycles. The first-order valence-electron chi connectivity index (χ1n) is 21.1. The van der Waals surface area contributed by atoms with Gasteiger partial charge >= 0.3 is 0 Å². The third kappa shape index (κ3) is 18.0. The summed E-state index contributed by atoms with van der Waals surface area (Å²) in [6.07, 6.45) is 1.47. The van der Waals surface area contributed by atoms with E-state index in [2.05, 4.69) is 81.0 Å². The third-order valence-electron chi connectivity index (χ3n) is 9.77. The molecule has 0 saturated heterocycles. The third-order valence-corrected chi connectivity index (χ3v) is 11.6. The van der Waals surface area contributed by atoms with Gasteiger partial charge in [0.05, 0.1) is 60.8 Å². The van der Waals surface area contributed by atoms with Gasteiger partial charge in [0.2, 0.25) is 0 Å². The van der Waals surface area contributed by atoms with E-state index in [1.807, 2.05) is 38.2 Å². The fraction of sp³-hybridized carbons (Fsp3) is 0.217. The number of aryl methyl sites for hydroxylation is 1. The van der Waals surface area contributed by atoms with Crippen molar-refractivity contribution in [1.82, 2.24) is 15.0 Å². The topological polar surface area (TPSA) is 374 Å². The second-order valence-corrected chi connectivity index (χ2v) is 18.0. The highest BCUT2D eigenvalue weighted by Gasteiger charge is 2.19. The molecule has 1 heterocycles. The molecule has 0 saturated carbocycles. The van der Waals surface area contributed by atoms with E-state index in [1.165, 1.54) is 63.8 Å². The molecule has 402 valence electrons. The Kier molecular flexibility index (Phi) is 25.7. The number of nitrogen functional groups attached to an aromatic ring is 4. The molecular formula is C46H51Br4N11O14. The van der Waals surface area contributed by atoms with Crippen LogP contribution in [-0.4, -0.2) is 75.3 Å². The highest BCUT2D eigenvalue weighted by atomic mass is 79.9. The van der Waals surface area contributed by atoms with Crippen molar-refractivity contribution < 1.29 is 48.5 Å². The summed E-state index contributed by atoms with van der Waals surface area (Å²) in [7, 11) is 9.45. The summed E-state index contributed by atoms with van der Waals surface area (Å²) in [6, 6.07) is 22.1. The zero-order valence-electron chi connectivity index (χ0n) is 41.2. The largest absolute Gasteiger partial charge is 0.506 e. The van der Waals surface area contributed by atoms with E-state index < -0.39 is 19.7 Å². The molecule has 6 aromatic carbocycles. The minimum atomic E-state index is -0.644. The average Bonchev–Trinajstić information content (AvgIpc) is 3.74. The van der Waals surface area contributed by atoms with Gasteiger partial charge in [-0.2, -0.15) is 0 Å². The van der Waals surface area contributed by atoms with Gasteiger partial charge in [0.1, 0.15) is 45.5 Å². The summed E-state index contributed by atoms with van der Waals surface area (Å²) >= 11 is 13.1. The van der Waals surface area contributed by atoms with Crippen LogP contribution >= 0.6 is 63.7 Å². The Labute approximate surface area is 462 Å². The van der Waals surface area contributed by atoms with Gasteiger partial charge < -0.3 is 51.7 Å². The van der Waals surface area contributed by atoms with E-state index in [-0.39, 0.29) is 45.6 Å². The van der Waals surface area contributed by atoms with Crippen LogP contribution in [0.3, 0.4) is 0 Å². The van der Waals surface area contributed by atoms with Crippen molar-refractivity contribution in [3.63, 3.8) is 0 Å². The molecule has 0 aliphatic heterocycles. The van der Waals surface area contributed by atoms with E-state index in [0.29, 0.717) is 38.2 Å². The number of nitro benzene ring substituents is 4. The number of rotatable bonds is 11. The summed E-state index contributed by atoms with van der Waals surface area (Å²) in [5, 5.41) is 58.6. The minimum Gasteiger partial charge on any atom is -0.506 e. The number of nitrogens with zero attached hydrogens (tertiary/aromatic N) is 7. The summed E-state index contributed by atoms with van der Waals surface area (Å²) in [6.45, 7) is 3.92. The van der Waals surface area contributed by atoms with Crippen molar-refractivity contribution >= 4 is 120 Å². The Bertz CT molecular complexity index is 3130. The molecule has 7 aromatic rings. The van der Waals surface area contributed by atoms with Gasteiger partial charge in [0.25, 0.3) is 22.7 Å². The second kappa shape index (κ2) is 30.4. The first-order valence-corrected chi connectivity index (χ1v) is 24.2. The monoisotopic (exact) mass is 1300 g/mol. The summed E-state index contributed by atoms with van der Waals surface area (Å²) in [5.74, 6) is 2.53. The van der Waals surface area contributed by atoms with E-state index in [4.69, 9.17) is 51.7 Å². The van der Waals surface area contributed by atoms with Crippen LogP contribution in [0.15, 0.2) is 103 Å². The highest BCUT2D eigenvalue weighted by molar-refractivity contribution is 9.11.